The fraction of sp³-hybridized carbons (Fsp3) is 0.562. The Kier molecular flexibility index (Phi) is 7.10. The standard InChI is InChI=1S/C16H25NO2S/c1-6-19-16(18)14(17-11(2)3)10-20-15-9-12(4)7-8-13(15)5/h7-9,11,14,17H,6,10H2,1-5H3. The van der Waals surface area contributed by atoms with Gasteiger partial charge in [0.05, 0.1) is 6.61 Å². The van der Waals surface area contributed by atoms with Gasteiger partial charge in [-0.1, -0.05) is 31.5 Å². The van der Waals surface area contributed by atoms with Gasteiger partial charge in [-0.15, -0.1) is 11.8 Å². The first kappa shape index (κ1) is 17.1. The fourth-order valence-electron chi connectivity index (χ4n) is 1.87. The summed E-state index contributed by atoms with van der Waals surface area (Å²) in [5.41, 5.74) is 2.48. The number of benzene rings is 1. The first-order chi connectivity index (χ1) is 9.43. The molecule has 1 unspecified atom stereocenters. The van der Waals surface area contributed by atoms with Gasteiger partial charge in [0.2, 0.25) is 0 Å². The summed E-state index contributed by atoms with van der Waals surface area (Å²) in [6, 6.07) is 6.38. The highest BCUT2D eigenvalue weighted by Gasteiger charge is 2.20. The maximum absolute atomic E-state index is 12.0. The normalized spacial score (nSPS) is 12.5. The smallest absolute Gasteiger partial charge is 0.324 e. The summed E-state index contributed by atoms with van der Waals surface area (Å²) in [6.07, 6.45) is 0. The Hall–Kier alpha value is -1.00. The van der Waals surface area contributed by atoms with E-state index in [0.29, 0.717) is 12.4 Å². The quantitative estimate of drug-likeness (QED) is 0.618. The predicted molar refractivity (Wildman–Crippen MR) is 85.3 cm³/mol. The number of carbonyl (C=O) groups excluding carboxylic acids is 1. The van der Waals surface area contributed by atoms with Crippen molar-refractivity contribution in [2.45, 2.75) is 51.6 Å². The van der Waals surface area contributed by atoms with Crippen molar-refractivity contribution in [1.82, 2.24) is 5.32 Å². The Morgan fingerprint density at radius 3 is 2.65 bits per heavy atom. The number of aryl methyl sites for hydroxylation is 2. The number of carbonyl (C=O) groups is 1. The van der Waals surface area contributed by atoms with E-state index < -0.39 is 0 Å². The van der Waals surface area contributed by atoms with Crippen molar-refractivity contribution in [2.24, 2.45) is 0 Å². The maximum atomic E-state index is 12.0. The van der Waals surface area contributed by atoms with E-state index in [1.54, 1.807) is 11.8 Å². The molecule has 1 rings (SSSR count). The third-order valence-electron chi connectivity index (χ3n) is 2.85. The second kappa shape index (κ2) is 8.32. The summed E-state index contributed by atoms with van der Waals surface area (Å²) in [7, 11) is 0. The molecule has 1 aromatic carbocycles. The Morgan fingerprint density at radius 2 is 2.05 bits per heavy atom. The van der Waals surface area contributed by atoms with Crippen LogP contribution >= 0.6 is 11.8 Å². The summed E-state index contributed by atoms with van der Waals surface area (Å²) < 4.78 is 5.13. The molecule has 0 aromatic heterocycles. The lowest BCUT2D eigenvalue weighted by Gasteiger charge is -2.19. The third kappa shape index (κ3) is 5.55. The van der Waals surface area contributed by atoms with Gasteiger partial charge >= 0.3 is 5.97 Å². The second-order valence-corrected chi connectivity index (χ2v) is 6.27. The van der Waals surface area contributed by atoms with Gasteiger partial charge in [-0.2, -0.15) is 0 Å². The van der Waals surface area contributed by atoms with Gasteiger partial charge in [-0.05, 0) is 32.4 Å². The SMILES string of the molecule is CCOC(=O)C(CSc1cc(C)ccc1C)NC(C)C. The minimum Gasteiger partial charge on any atom is -0.465 e. The topological polar surface area (TPSA) is 38.3 Å². The maximum Gasteiger partial charge on any atom is 0.324 e. The molecule has 0 aliphatic carbocycles. The molecule has 1 aromatic rings. The Bertz CT molecular complexity index is 446. The summed E-state index contributed by atoms with van der Waals surface area (Å²) in [4.78, 5) is 13.2. The van der Waals surface area contributed by atoms with E-state index in [4.69, 9.17) is 4.74 Å². The monoisotopic (exact) mass is 295 g/mol. The average Bonchev–Trinajstić information content (AvgIpc) is 2.38. The van der Waals surface area contributed by atoms with Crippen LogP contribution in [0.25, 0.3) is 0 Å². The van der Waals surface area contributed by atoms with Crippen LogP contribution in [0.3, 0.4) is 0 Å². The van der Waals surface area contributed by atoms with Crippen molar-refractivity contribution >= 4 is 17.7 Å². The third-order valence-corrected chi connectivity index (χ3v) is 4.11. The Morgan fingerprint density at radius 1 is 1.35 bits per heavy atom. The molecule has 4 heteroatoms. The van der Waals surface area contributed by atoms with Crippen LogP contribution in [0, 0.1) is 13.8 Å². The van der Waals surface area contributed by atoms with Crippen LogP contribution in [-0.2, 0) is 9.53 Å². The molecule has 0 fully saturated rings. The van der Waals surface area contributed by atoms with E-state index in [0.717, 1.165) is 0 Å². The number of hydrogen-bond acceptors (Lipinski definition) is 4. The molecule has 0 amide bonds. The van der Waals surface area contributed by atoms with Crippen LogP contribution in [0.4, 0.5) is 0 Å². The van der Waals surface area contributed by atoms with Gasteiger partial charge in [0.15, 0.2) is 0 Å². The number of esters is 1. The molecule has 1 atom stereocenters. The molecule has 0 heterocycles. The van der Waals surface area contributed by atoms with Gasteiger partial charge in [0.1, 0.15) is 6.04 Å². The molecule has 0 spiro atoms. The highest BCUT2D eigenvalue weighted by Crippen LogP contribution is 2.24. The molecule has 112 valence electrons. The van der Waals surface area contributed by atoms with Crippen molar-refractivity contribution in [3.05, 3.63) is 29.3 Å². The molecule has 0 aliphatic rings. The largest absolute Gasteiger partial charge is 0.465 e. The van der Waals surface area contributed by atoms with E-state index >= 15 is 0 Å². The zero-order valence-corrected chi connectivity index (χ0v) is 13.8. The molecule has 3 nitrogen and oxygen atoms in total. The van der Waals surface area contributed by atoms with Crippen LogP contribution in [0.2, 0.25) is 0 Å². The van der Waals surface area contributed by atoms with Crippen LogP contribution in [-0.4, -0.2) is 30.4 Å². The molecule has 0 saturated carbocycles. The van der Waals surface area contributed by atoms with E-state index in [2.05, 4.69) is 37.4 Å². The van der Waals surface area contributed by atoms with Gasteiger partial charge in [-0.25, -0.2) is 0 Å². The molecule has 20 heavy (non-hydrogen) atoms. The van der Waals surface area contributed by atoms with E-state index in [-0.39, 0.29) is 18.1 Å². The van der Waals surface area contributed by atoms with E-state index in [1.165, 1.54) is 16.0 Å². The zero-order valence-electron chi connectivity index (χ0n) is 13.0. The number of rotatable bonds is 7. The average molecular weight is 295 g/mol. The van der Waals surface area contributed by atoms with Crippen LogP contribution in [0.1, 0.15) is 31.9 Å². The highest BCUT2D eigenvalue weighted by molar-refractivity contribution is 7.99. The van der Waals surface area contributed by atoms with Gasteiger partial charge < -0.3 is 10.1 Å². The molecule has 0 bridgehead atoms. The lowest BCUT2D eigenvalue weighted by atomic mass is 10.2. The van der Waals surface area contributed by atoms with E-state index in [9.17, 15) is 4.79 Å². The van der Waals surface area contributed by atoms with Crippen LogP contribution in [0.15, 0.2) is 23.1 Å². The molecule has 0 saturated heterocycles. The van der Waals surface area contributed by atoms with Crippen molar-refractivity contribution in [2.75, 3.05) is 12.4 Å². The lowest BCUT2D eigenvalue weighted by molar-refractivity contribution is -0.145. The summed E-state index contributed by atoms with van der Waals surface area (Å²) in [6.45, 7) is 10.5. The first-order valence-corrected chi connectivity index (χ1v) is 8.05. The van der Waals surface area contributed by atoms with Crippen molar-refractivity contribution in [1.29, 1.82) is 0 Å². The van der Waals surface area contributed by atoms with Crippen molar-refractivity contribution < 1.29 is 9.53 Å². The van der Waals surface area contributed by atoms with Crippen LogP contribution in [0.5, 0.6) is 0 Å². The van der Waals surface area contributed by atoms with E-state index in [1.807, 2.05) is 20.8 Å². The Labute approximate surface area is 126 Å². The predicted octanol–water partition coefficient (Wildman–Crippen LogP) is 3.33. The van der Waals surface area contributed by atoms with Gasteiger partial charge in [-0.3, -0.25) is 4.79 Å². The molecular weight excluding hydrogens is 270 g/mol. The summed E-state index contributed by atoms with van der Waals surface area (Å²) in [5, 5.41) is 3.27. The minimum atomic E-state index is -0.264. The van der Waals surface area contributed by atoms with Crippen molar-refractivity contribution in [3.63, 3.8) is 0 Å². The van der Waals surface area contributed by atoms with Crippen molar-refractivity contribution in [3.8, 4) is 0 Å². The lowest BCUT2D eigenvalue weighted by Crippen LogP contribution is -2.43. The summed E-state index contributed by atoms with van der Waals surface area (Å²) in [5.74, 6) is 0.514. The fourth-order valence-corrected chi connectivity index (χ4v) is 3.01. The highest BCUT2D eigenvalue weighted by atomic mass is 32.2. The Balaban J connectivity index is 2.70. The van der Waals surface area contributed by atoms with Crippen LogP contribution < -0.4 is 5.32 Å². The minimum absolute atomic E-state index is 0.168. The zero-order chi connectivity index (χ0) is 15.1. The summed E-state index contributed by atoms with van der Waals surface area (Å²) >= 11 is 1.70. The second-order valence-electron chi connectivity index (χ2n) is 5.21. The molecule has 0 aliphatic heterocycles. The van der Waals surface area contributed by atoms with Gasteiger partial charge in [0.25, 0.3) is 0 Å². The van der Waals surface area contributed by atoms with Gasteiger partial charge in [0, 0.05) is 16.7 Å². The molecular formula is C16H25NO2S. The number of nitrogens with one attached hydrogen (secondary N) is 1. The number of thioether (sulfide) groups is 1. The molecule has 1 N–H and O–H groups in total. The number of ether oxygens (including phenoxy) is 1. The molecule has 0 radical (unpaired) electrons. The first-order valence-electron chi connectivity index (χ1n) is 7.06. The number of hydrogen-bond donors (Lipinski definition) is 1.